The monoisotopic (exact) mass is 271 g/mol. The number of H-pyrrole nitrogens is 1. The number of aromatic nitrogens is 1. The largest absolute Gasteiger partial charge is 0.359 e. The van der Waals surface area contributed by atoms with Gasteiger partial charge in [-0.2, -0.15) is 0 Å². The lowest BCUT2D eigenvalue weighted by Gasteiger charge is -2.05. The molecule has 1 heterocycles. The van der Waals surface area contributed by atoms with Crippen LogP contribution in [0.5, 0.6) is 0 Å². The van der Waals surface area contributed by atoms with Crippen LogP contribution >= 0.6 is 27.5 Å². The van der Waals surface area contributed by atoms with Gasteiger partial charge < -0.3 is 4.98 Å². The molecule has 0 aliphatic carbocycles. The lowest BCUT2D eigenvalue weighted by Crippen LogP contribution is -2.13. The van der Waals surface area contributed by atoms with Crippen molar-refractivity contribution in [2.75, 3.05) is 0 Å². The maximum Gasteiger partial charge on any atom is 0.278 e. The minimum Gasteiger partial charge on any atom is -0.359 e. The van der Waals surface area contributed by atoms with E-state index in [2.05, 4.69) is 20.9 Å². The predicted octanol–water partition coefficient (Wildman–Crippen LogP) is 2.86. The predicted molar refractivity (Wildman–Crippen MR) is 49.7 cm³/mol. The zero-order valence-corrected chi connectivity index (χ0v) is 8.62. The molecule has 1 N–H and O–H groups in total. The SMILES string of the molecule is O=c1c(Cl)c[nH]c(C(F)F)c1CBr. The first-order valence-electron chi connectivity index (χ1n) is 3.32. The van der Waals surface area contributed by atoms with E-state index in [-0.39, 0.29) is 21.6 Å². The molecule has 0 amide bonds. The second kappa shape index (κ2) is 4.19. The van der Waals surface area contributed by atoms with E-state index < -0.39 is 11.9 Å². The van der Waals surface area contributed by atoms with Crippen LogP contribution in [0.4, 0.5) is 8.78 Å². The molecule has 0 unspecified atom stereocenters. The van der Waals surface area contributed by atoms with Crippen LogP contribution in [0.1, 0.15) is 17.7 Å². The Bertz CT molecular complexity index is 366. The van der Waals surface area contributed by atoms with Crippen molar-refractivity contribution in [1.82, 2.24) is 4.98 Å². The Morgan fingerprint density at radius 2 is 2.23 bits per heavy atom. The molecule has 0 aromatic carbocycles. The molecule has 1 aromatic heterocycles. The Hall–Kier alpha value is -0.420. The maximum absolute atomic E-state index is 12.3. The summed E-state index contributed by atoms with van der Waals surface area (Å²) in [4.78, 5) is 13.5. The highest BCUT2D eigenvalue weighted by Gasteiger charge is 2.16. The number of rotatable bonds is 2. The summed E-state index contributed by atoms with van der Waals surface area (Å²) in [5.41, 5.74) is -0.971. The van der Waals surface area contributed by atoms with Crippen LogP contribution in [0, 0.1) is 0 Å². The van der Waals surface area contributed by atoms with Gasteiger partial charge >= 0.3 is 0 Å². The van der Waals surface area contributed by atoms with E-state index in [1.54, 1.807) is 0 Å². The topological polar surface area (TPSA) is 32.9 Å². The molecule has 1 aromatic rings. The van der Waals surface area contributed by atoms with Crippen LogP contribution in [0.25, 0.3) is 0 Å². The lowest BCUT2D eigenvalue weighted by atomic mass is 10.2. The number of nitrogens with one attached hydrogen (secondary N) is 1. The van der Waals surface area contributed by atoms with E-state index in [0.29, 0.717) is 0 Å². The summed E-state index contributed by atoms with van der Waals surface area (Å²) >= 11 is 8.41. The van der Waals surface area contributed by atoms with Gasteiger partial charge in [-0.05, 0) is 0 Å². The van der Waals surface area contributed by atoms with Gasteiger partial charge in [-0.25, -0.2) is 8.78 Å². The summed E-state index contributed by atoms with van der Waals surface area (Å²) in [7, 11) is 0. The molecule has 6 heteroatoms. The molecule has 72 valence electrons. The molecular formula is C7H5BrClF2NO. The van der Waals surface area contributed by atoms with E-state index >= 15 is 0 Å². The number of pyridine rings is 1. The molecule has 1 rings (SSSR count). The van der Waals surface area contributed by atoms with Crippen molar-refractivity contribution in [3.63, 3.8) is 0 Å². The Morgan fingerprint density at radius 3 is 2.69 bits per heavy atom. The summed E-state index contributed by atoms with van der Waals surface area (Å²) in [5.74, 6) is 0. The van der Waals surface area contributed by atoms with Crippen molar-refractivity contribution in [2.45, 2.75) is 11.8 Å². The molecule has 0 bridgehead atoms. The van der Waals surface area contributed by atoms with E-state index in [1.807, 2.05) is 0 Å². The van der Waals surface area contributed by atoms with Crippen LogP contribution in [-0.2, 0) is 5.33 Å². The van der Waals surface area contributed by atoms with Gasteiger partial charge in [0.05, 0.1) is 5.69 Å². The highest BCUT2D eigenvalue weighted by molar-refractivity contribution is 9.08. The summed E-state index contributed by atoms with van der Waals surface area (Å²) in [6, 6.07) is 0. The van der Waals surface area contributed by atoms with Gasteiger partial charge in [-0.3, -0.25) is 4.79 Å². The molecule has 13 heavy (non-hydrogen) atoms. The van der Waals surface area contributed by atoms with E-state index in [9.17, 15) is 13.6 Å². The van der Waals surface area contributed by atoms with Gasteiger partial charge in [0.1, 0.15) is 5.02 Å². The Labute approximate surface area is 86.0 Å². The minimum atomic E-state index is -2.70. The van der Waals surface area contributed by atoms with Crippen LogP contribution in [0.2, 0.25) is 5.02 Å². The summed E-state index contributed by atoms with van der Waals surface area (Å²) in [6.45, 7) is 0. The van der Waals surface area contributed by atoms with E-state index in [1.165, 1.54) is 0 Å². The van der Waals surface area contributed by atoms with E-state index in [0.717, 1.165) is 6.20 Å². The van der Waals surface area contributed by atoms with Crippen molar-refractivity contribution in [3.05, 3.63) is 32.7 Å². The first-order valence-corrected chi connectivity index (χ1v) is 4.82. The van der Waals surface area contributed by atoms with Crippen LogP contribution < -0.4 is 5.43 Å². The molecule has 0 aliphatic heterocycles. The molecule has 0 atom stereocenters. The highest BCUT2D eigenvalue weighted by atomic mass is 79.9. The summed E-state index contributed by atoms with van der Waals surface area (Å²) in [5, 5.41) is -0.0263. The zero-order valence-electron chi connectivity index (χ0n) is 6.28. The van der Waals surface area contributed by atoms with Gasteiger partial charge in [0.2, 0.25) is 5.43 Å². The van der Waals surface area contributed by atoms with Gasteiger partial charge in [0.15, 0.2) is 0 Å². The second-order valence-electron chi connectivity index (χ2n) is 2.29. The highest BCUT2D eigenvalue weighted by Crippen LogP contribution is 2.21. The molecule has 2 nitrogen and oxygen atoms in total. The zero-order chi connectivity index (χ0) is 10.0. The molecule has 0 spiro atoms. The van der Waals surface area contributed by atoms with Gasteiger partial charge in [-0.15, -0.1) is 0 Å². The molecule has 0 saturated heterocycles. The second-order valence-corrected chi connectivity index (χ2v) is 3.26. The van der Waals surface area contributed by atoms with Crippen molar-refractivity contribution in [2.24, 2.45) is 0 Å². The fourth-order valence-electron chi connectivity index (χ4n) is 0.888. The molecule has 0 aliphatic rings. The first-order chi connectivity index (χ1) is 6.07. The standard InChI is InChI=1S/C7H5BrClF2NO/c8-1-3-5(7(10)11)12-2-4(9)6(3)13/h2,7H,1H2,(H,12,13). The van der Waals surface area contributed by atoms with Crippen molar-refractivity contribution < 1.29 is 8.78 Å². The summed E-state index contributed by atoms with van der Waals surface area (Å²) < 4.78 is 24.6. The molecule has 0 radical (unpaired) electrons. The number of halogens is 4. The maximum atomic E-state index is 12.3. The van der Waals surface area contributed by atoms with Gasteiger partial charge in [-0.1, -0.05) is 27.5 Å². The average Bonchev–Trinajstić information content (AvgIpc) is 2.09. The lowest BCUT2D eigenvalue weighted by molar-refractivity contribution is 0.145. The van der Waals surface area contributed by atoms with E-state index in [4.69, 9.17) is 11.6 Å². The molecule has 0 fully saturated rings. The quantitative estimate of drug-likeness (QED) is 0.825. The average molecular weight is 272 g/mol. The third-order valence-electron chi connectivity index (χ3n) is 1.52. The fourth-order valence-corrected chi connectivity index (χ4v) is 1.61. The van der Waals surface area contributed by atoms with Crippen molar-refractivity contribution in [1.29, 1.82) is 0 Å². The normalized spacial score (nSPS) is 10.8. The molecule has 0 saturated carbocycles. The number of hydrogen-bond donors (Lipinski definition) is 1. The van der Waals surface area contributed by atoms with Crippen LogP contribution in [0.3, 0.4) is 0 Å². The minimum absolute atomic E-state index is 0.0255. The number of alkyl halides is 3. The third kappa shape index (κ3) is 2.08. The Morgan fingerprint density at radius 1 is 1.62 bits per heavy atom. The smallest absolute Gasteiger partial charge is 0.278 e. The van der Waals surface area contributed by atoms with Gasteiger partial charge in [0, 0.05) is 17.1 Å². The van der Waals surface area contributed by atoms with Crippen molar-refractivity contribution >= 4 is 27.5 Å². The van der Waals surface area contributed by atoms with Crippen molar-refractivity contribution in [3.8, 4) is 0 Å². The summed E-state index contributed by atoms with van der Waals surface area (Å²) in [6.07, 6.45) is -1.63. The van der Waals surface area contributed by atoms with Crippen LogP contribution in [-0.4, -0.2) is 4.98 Å². The first kappa shape index (κ1) is 10.7. The third-order valence-corrected chi connectivity index (χ3v) is 2.36. The Kier molecular flexibility index (Phi) is 3.44. The molecular weight excluding hydrogens is 267 g/mol. The number of hydrogen-bond acceptors (Lipinski definition) is 1. The Balaban J connectivity index is 3.39. The fraction of sp³-hybridized carbons (Fsp3) is 0.286. The van der Waals surface area contributed by atoms with Gasteiger partial charge in [0.25, 0.3) is 6.43 Å². The van der Waals surface area contributed by atoms with Crippen LogP contribution in [0.15, 0.2) is 11.0 Å². The number of aromatic amines is 1.